The van der Waals surface area contributed by atoms with E-state index in [4.69, 9.17) is 9.47 Å². The van der Waals surface area contributed by atoms with Gasteiger partial charge in [0.25, 0.3) is 0 Å². The first-order valence-electron chi connectivity index (χ1n) is 6.73. The van der Waals surface area contributed by atoms with Crippen molar-refractivity contribution < 1.29 is 19.1 Å². The lowest BCUT2D eigenvalue weighted by Gasteiger charge is -2.14. The Morgan fingerprint density at radius 2 is 2.10 bits per heavy atom. The van der Waals surface area contributed by atoms with E-state index in [1.807, 2.05) is 30.3 Å². The van der Waals surface area contributed by atoms with Gasteiger partial charge in [-0.05, 0) is 5.56 Å². The predicted molar refractivity (Wildman–Crippen MR) is 70.6 cm³/mol. The highest BCUT2D eigenvalue weighted by molar-refractivity contribution is 5.84. The van der Waals surface area contributed by atoms with Gasteiger partial charge in [0.15, 0.2) is 0 Å². The highest BCUT2D eigenvalue weighted by Crippen LogP contribution is 2.57. The molecule has 2 aliphatic rings. The van der Waals surface area contributed by atoms with Gasteiger partial charge in [-0.15, -0.1) is 0 Å². The summed E-state index contributed by atoms with van der Waals surface area (Å²) in [6.07, 6.45) is -0.329. The molecule has 0 radical (unpaired) electrons. The van der Waals surface area contributed by atoms with E-state index in [0.29, 0.717) is 13.1 Å². The highest BCUT2D eigenvalue weighted by atomic mass is 16.6. The van der Waals surface area contributed by atoms with E-state index in [0.717, 1.165) is 5.56 Å². The quantitative estimate of drug-likeness (QED) is 0.826. The Morgan fingerprint density at radius 1 is 1.35 bits per heavy atom. The standard InChI is InChI=1S/C15H17NO4/c1-10(17)20-13-12-7-16-9-15(12,13)14(18)19-8-11-5-3-2-4-6-11/h2-6,12-13,16H,7-9H2,1H3. The lowest BCUT2D eigenvalue weighted by atomic mass is 10.1. The summed E-state index contributed by atoms with van der Waals surface area (Å²) >= 11 is 0. The second-order valence-electron chi connectivity index (χ2n) is 5.37. The Balaban J connectivity index is 1.63. The molecule has 106 valence electrons. The topological polar surface area (TPSA) is 64.6 Å². The van der Waals surface area contributed by atoms with Crippen molar-refractivity contribution in [3.63, 3.8) is 0 Å². The maximum absolute atomic E-state index is 12.3. The van der Waals surface area contributed by atoms with E-state index in [1.165, 1.54) is 6.92 Å². The molecule has 1 aliphatic heterocycles. The largest absolute Gasteiger partial charge is 0.461 e. The lowest BCUT2D eigenvalue weighted by molar-refractivity contribution is -0.155. The number of rotatable bonds is 4. The fourth-order valence-corrected chi connectivity index (χ4v) is 3.00. The van der Waals surface area contributed by atoms with Gasteiger partial charge in [0.1, 0.15) is 18.1 Å². The van der Waals surface area contributed by atoms with Crippen LogP contribution in [0.25, 0.3) is 0 Å². The molecular weight excluding hydrogens is 258 g/mol. The van der Waals surface area contributed by atoms with Gasteiger partial charge in [-0.2, -0.15) is 0 Å². The summed E-state index contributed by atoms with van der Waals surface area (Å²) < 4.78 is 10.6. The minimum absolute atomic E-state index is 0.0506. The summed E-state index contributed by atoms with van der Waals surface area (Å²) in [5, 5.41) is 3.15. The first-order chi connectivity index (χ1) is 9.64. The normalized spacial score (nSPS) is 30.4. The molecule has 3 rings (SSSR count). The van der Waals surface area contributed by atoms with Crippen LogP contribution in [-0.4, -0.2) is 31.1 Å². The van der Waals surface area contributed by atoms with Gasteiger partial charge in [0.05, 0.1) is 0 Å². The summed E-state index contributed by atoms with van der Waals surface area (Å²) in [4.78, 5) is 23.4. The van der Waals surface area contributed by atoms with Crippen LogP contribution in [0.5, 0.6) is 0 Å². The van der Waals surface area contributed by atoms with Crippen LogP contribution < -0.4 is 5.32 Å². The van der Waals surface area contributed by atoms with Crippen LogP contribution in [0, 0.1) is 11.3 Å². The van der Waals surface area contributed by atoms with Crippen LogP contribution in [-0.2, 0) is 25.7 Å². The third-order valence-electron chi connectivity index (χ3n) is 4.09. The van der Waals surface area contributed by atoms with Crippen molar-refractivity contribution in [1.82, 2.24) is 5.32 Å². The zero-order valence-corrected chi connectivity index (χ0v) is 11.3. The van der Waals surface area contributed by atoms with Crippen molar-refractivity contribution in [2.45, 2.75) is 19.6 Å². The van der Waals surface area contributed by atoms with Gasteiger partial charge >= 0.3 is 11.9 Å². The highest BCUT2D eigenvalue weighted by Gasteiger charge is 2.75. The van der Waals surface area contributed by atoms with Crippen molar-refractivity contribution in [2.75, 3.05) is 13.1 Å². The summed E-state index contributed by atoms with van der Waals surface area (Å²) in [6, 6.07) is 9.54. The summed E-state index contributed by atoms with van der Waals surface area (Å²) in [5.74, 6) is -0.572. The van der Waals surface area contributed by atoms with Gasteiger partial charge in [-0.1, -0.05) is 30.3 Å². The monoisotopic (exact) mass is 275 g/mol. The molecule has 1 aromatic carbocycles. The average Bonchev–Trinajstić information content (AvgIpc) is 2.85. The minimum Gasteiger partial charge on any atom is -0.461 e. The molecule has 1 N–H and O–H groups in total. The van der Waals surface area contributed by atoms with Crippen LogP contribution in [0.15, 0.2) is 30.3 Å². The molecule has 5 heteroatoms. The number of hydrogen-bond acceptors (Lipinski definition) is 5. The molecule has 1 aromatic rings. The van der Waals surface area contributed by atoms with E-state index in [1.54, 1.807) is 0 Å². The number of fused-ring (bicyclic) bond motifs is 1. The van der Waals surface area contributed by atoms with E-state index in [-0.39, 0.29) is 30.6 Å². The molecular formula is C15H17NO4. The smallest absolute Gasteiger partial charge is 0.318 e. The van der Waals surface area contributed by atoms with E-state index in [2.05, 4.69) is 5.32 Å². The van der Waals surface area contributed by atoms with E-state index in [9.17, 15) is 9.59 Å². The minimum atomic E-state index is -0.666. The van der Waals surface area contributed by atoms with E-state index >= 15 is 0 Å². The number of carbonyl (C=O) groups is 2. The SMILES string of the molecule is CC(=O)OC1C2CNCC21C(=O)OCc1ccccc1. The molecule has 1 aliphatic carbocycles. The van der Waals surface area contributed by atoms with Crippen molar-refractivity contribution in [1.29, 1.82) is 0 Å². The molecule has 5 nitrogen and oxygen atoms in total. The molecule has 3 atom stereocenters. The van der Waals surface area contributed by atoms with Crippen molar-refractivity contribution >= 4 is 11.9 Å². The fraction of sp³-hybridized carbons (Fsp3) is 0.467. The van der Waals surface area contributed by atoms with Crippen LogP contribution in [0.4, 0.5) is 0 Å². The van der Waals surface area contributed by atoms with Crippen LogP contribution in [0.3, 0.4) is 0 Å². The lowest BCUT2D eigenvalue weighted by Crippen LogP contribution is -2.32. The number of nitrogens with one attached hydrogen (secondary N) is 1. The van der Waals surface area contributed by atoms with Gasteiger partial charge < -0.3 is 14.8 Å². The Hall–Kier alpha value is -1.88. The van der Waals surface area contributed by atoms with Gasteiger partial charge in [-0.25, -0.2) is 0 Å². The van der Waals surface area contributed by atoms with Gasteiger partial charge in [0, 0.05) is 25.9 Å². The molecule has 3 unspecified atom stereocenters. The molecule has 0 bridgehead atoms. The van der Waals surface area contributed by atoms with Gasteiger partial charge in [-0.3, -0.25) is 9.59 Å². The van der Waals surface area contributed by atoms with Crippen LogP contribution in [0.1, 0.15) is 12.5 Å². The predicted octanol–water partition coefficient (Wildman–Crippen LogP) is 0.881. The Labute approximate surface area is 117 Å². The number of benzene rings is 1. The molecule has 20 heavy (non-hydrogen) atoms. The van der Waals surface area contributed by atoms with Crippen molar-refractivity contribution in [3.8, 4) is 0 Å². The zero-order valence-electron chi connectivity index (χ0n) is 11.3. The summed E-state index contributed by atoms with van der Waals surface area (Å²) in [5.41, 5.74) is 0.282. The number of hydrogen-bond donors (Lipinski definition) is 1. The number of carbonyl (C=O) groups excluding carboxylic acids is 2. The number of piperidine rings is 1. The summed E-state index contributed by atoms with van der Waals surface area (Å²) in [7, 11) is 0. The molecule has 1 saturated carbocycles. The third kappa shape index (κ3) is 2.08. The Morgan fingerprint density at radius 3 is 2.80 bits per heavy atom. The summed E-state index contributed by atoms with van der Waals surface area (Å²) in [6.45, 7) is 2.83. The number of ether oxygens (including phenoxy) is 2. The second-order valence-corrected chi connectivity index (χ2v) is 5.37. The first kappa shape index (κ1) is 13.1. The Bertz CT molecular complexity index is 530. The maximum atomic E-state index is 12.3. The Kier molecular flexibility index (Phi) is 3.22. The third-order valence-corrected chi connectivity index (χ3v) is 4.09. The van der Waals surface area contributed by atoms with Crippen LogP contribution >= 0.6 is 0 Å². The molecule has 0 spiro atoms. The molecule has 2 fully saturated rings. The van der Waals surface area contributed by atoms with Crippen LogP contribution in [0.2, 0.25) is 0 Å². The zero-order chi connectivity index (χ0) is 14.2. The molecule has 1 saturated heterocycles. The first-order valence-corrected chi connectivity index (χ1v) is 6.73. The van der Waals surface area contributed by atoms with Crippen molar-refractivity contribution in [3.05, 3.63) is 35.9 Å². The second kappa shape index (κ2) is 4.90. The maximum Gasteiger partial charge on any atom is 0.318 e. The molecule has 0 aromatic heterocycles. The van der Waals surface area contributed by atoms with Gasteiger partial charge in [0.2, 0.25) is 0 Å². The molecule has 1 heterocycles. The number of esters is 2. The average molecular weight is 275 g/mol. The van der Waals surface area contributed by atoms with Crippen molar-refractivity contribution in [2.24, 2.45) is 11.3 Å². The molecule has 0 amide bonds. The fourth-order valence-electron chi connectivity index (χ4n) is 3.00. The van der Waals surface area contributed by atoms with E-state index < -0.39 is 5.41 Å².